The van der Waals surface area contributed by atoms with E-state index in [1.807, 2.05) is 0 Å². The molecular weight excluding hydrogens is 1240 g/mol. The van der Waals surface area contributed by atoms with Gasteiger partial charge in [0.1, 0.15) is 39.8 Å². The molecule has 0 aromatic rings. The van der Waals surface area contributed by atoms with Gasteiger partial charge in [0.15, 0.2) is 20.6 Å². The number of nitrogens with zero attached hydrogens (tertiary/aromatic N) is 1. The number of rotatable bonds is 28. The second kappa shape index (κ2) is 67.0. The van der Waals surface area contributed by atoms with E-state index in [9.17, 15) is 117 Å². The number of alkyl halides is 18. The zero-order valence-corrected chi connectivity index (χ0v) is 39.4. The quantitative estimate of drug-likeness (QED) is 0.00828. The molecule has 0 aliphatic carbocycles. The minimum atomic E-state index is -6.04. The summed E-state index contributed by atoms with van der Waals surface area (Å²) in [5.74, 6) is -1.52. The first-order valence-electron chi connectivity index (χ1n) is 18.8. The lowest BCUT2D eigenvalue weighted by Gasteiger charge is -2.25. The number of nitrogens with one attached hydrogen (secondary N) is 2. The normalized spacial score (nSPS) is 9.80. The van der Waals surface area contributed by atoms with Gasteiger partial charge in [-0.3, -0.25) is 9.47 Å². The largest absolute Gasteiger partial charge is 0.492 e. The topological polar surface area (TPSA) is 281 Å². The fourth-order valence-corrected chi connectivity index (χ4v) is 2.17. The Kier molecular flexibility index (Phi) is 92.3. The standard InChI is InChI=1S/C9H14FNO4.C8H12FNO4.C7H9NO3.2C4H2F8O3.C2H5FO.CH3FO.8CH4/c1-7(2)8(12)14-6-4-11-9(13)15-5-3-10;1-6(2)7(11)13-4-3-10-8(12)14-5-9;1-6(2)7(10)11-4-3-8-5-9;2*5-1-13-4(10,11)14-2(6,7)3(8,9)15-12;3-1-2-4;2-1-3;;;;;;;;/h1,3-6H2,2H3,(H,11,13);1,3-5H2,2H3,(H,10,12);1,3-4H2,2H3;2*1H2;4H,1-2H2;3H,1H2;8*1H4. The molecule has 0 rings (SSSR count). The van der Waals surface area contributed by atoms with Gasteiger partial charge in [-0.15, -0.1) is 27.4 Å². The zero-order valence-electron chi connectivity index (χ0n) is 39.4. The van der Waals surface area contributed by atoms with Gasteiger partial charge in [0, 0.05) is 16.7 Å². The lowest BCUT2D eigenvalue weighted by molar-refractivity contribution is -0.548. The van der Waals surface area contributed by atoms with Gasteiger partial charge >= 0.3 is 67.1 Å². The van der Waals surface area contributed by atoms with E-state index >= 15 is 0 Å². The summed E-state index contributed by atoms with van der Waals surface area (Å²) in [5.41, 5.74) is 0.895. The van der Waals surface area contributed by atoms with Crippen molar-refractivity contribution in [3.63, 3.8) is 0 Å². The Morgan fingerprint density at radius 1 is 0.471 bits per heavy atom. The van der Waals surface area contributed by atoms with Gasteiger partial charge in [-0.05, 0) is 29.8 Å². The van der Waals surface area contributed by atoms with E-state index in [0.717, 1.165) is 0 Å². The van der Waals surface area contributed by atoms with E-state index in [1.165, 1.54) is 29.8 Å². The predicted octanol–water partition coefficient (Wildman–Crippen LogP) is 12.1. The fraction of sp³-hybridized carbons (Fsp3) is 0.721. The van der Waals surface area contributed by atoms with Crippen LogP contribution in [-0.2, 0) is 71.7 Å². The highest BCUT2D eigenvalue weighted by molar-refractivity contribution is 5.87. The highest BCUT2D eigenvalue weighted by atomic mass is 19.4. The van der Waals surface area contributed by atoms with Crippen molar-refractivity contribution < 1.29 is 180 Å². The van der Waals surface area contributed by atoms with Gasteiger partial charge in [0.25, 0.3) is 0 Å². The lowest BCUT2D eigenvalue weighted by Crippen LogP contribution is -2.48. The van der Waals surface area contributed by atoms with E-state index in [-0.39, 0.29) is 123 Å². The molecule has 0 aromatic heterocycles. The van der Waals surface area contributed by atoms with Crippen molar-refractivity contribution in [1.82, 2.24) is 10.6 Å². The van der Waals surface area contributed by atoms with Crippen molar-refractivity contribution in [3.05, 3.63) is 36.5 Å². The summed E-state index contributed by atoms with van der Waals surface area (Å²) in [4.78, 5) is 69.1. The molecule has 2 amide bonds. The van der Waals surface area contributed by atoms with E-state index in [1.54, 1.807) is 6.92 Å². The van der Waals surface area contributed by atoms with Crippen LogP contribution in [0.3, 0.4) is 0 Å². The first-order chi connectivity index (χ1) is 35.3. The molecule has 22 nitrogen and oxygen atoms in total. The van der Waals surface area contributed by atoms with Gasteiger partial charge in [-0.1, -0.05) is 79.2 Å². The number of isocyanates is 1. The smallest absolute Gasteiger partial charge is 0.460 e. The Morgan fingerprint density at radius 2 is 0.753 bits per heavy atom. The number of aliphatic imine (C=N–C) groups is 1. The van der Waals surface area contributed by atoms with Gasteiger partial charge in [-0.25, -0.2) is 69.6 Å². The molecule has 0 unspecified atom stereocenters. The summed E-state index contributed by atoms with van der Waals surface area (Å²) in [6.07, 6.45) is -35.0. The number of hydrogen-bond acceptors (Lipinski definition) is 20. The lowest BCUT2D eigenvalue weighted by atomic mass is 10.4. The molecule has 42 heteroatoms. The summed E-state index contributed by atoms with van der Waals surface area (Å²) in [6.45, 7) is 6.16. The third-order valence-corrected chi connectivity index (χ3v) is 5.15. The molecule has 0 atom stereocenters. The van der Waals surface area contributed by atoms with Crippen LogP contribution in [0.2, 0.25) is 0 Å². The maximum atomic E-state index is 12.0. The van der Waals surface area contributed by atoms with Crippen LogP contribution in [0.15, 0.2) is 41.4 Å². The van der Waals surface area contributed by atoms with Gasteiger partial charge in [0.05, 0.1) is 26.2 Å². The highest BCUT2D eigenvalue weighted by Gasteiger charge is 2.67. The summed E-state index contributed by atoms with van der Waals surface area (Å²) in [6, 6.07) is 0. The second-order valence-corrected chi connectivity index (χ2v) is 11.3. The van der Waals surface area contributed by atoms with Crippen LogP contribution in [0.25, 0.3) is 0 Å². The SMILES string of the molecule is C.C.C.C.C.C.C.C.C=C(C)C(=O)OCCN=C=O.C=C(C)C(=O)OCCNC(=O)OCCF.C=C(C)C(=O)OCCNC(=O)OCF.FCOC(F)(F)OC(F)(F)C(F)(F)OF.FCOC(F)(F)OC(F)(F)C(F)(F)OF.OCCF.OCF. The van der Waals surface area contributed by atoms with Crippen molar-refractivity contribution in [2.24, 2.45) is 4.99 Å². The predicted molar refractivity (Wildman–Crippen MR) is 262 cm³/mol. The Morgan fingerprint density at radius 3 is 0.976 bits per heavy atom. The van der Waals surface area contributed by atoms with Crippen LogP contribution in [0.1, 0.15) is 80.2 Å². The molecule has 0 radical (unpaired) electrons. The number of ether oxygens (including phenoxy) is 9. The maximum Gasteiger partial charge on any atom is 0.492 e. The molecule has 4 N–H and O–H groups in total. The summed E-state index contributed by atoms with van der Waals surface area (Å²) in [5, 5.41) is 18.8. The van der Waals surface area contributed by atoms with Crippen molar-refractivity contribution >= 4 is 36.2 Å². The Hall–Kier alpha value is -6.17. The van der Waals surface area contributed by atoms with Crippen LogP contribution in [0.4, 0.5) is 97.7 Å². The first-order valence-corrected chi connectivity index (χ1v) is 18.8. The number of alkyl carbamates (subject to hydrolysis) is 2. The molecule has 0 spiro atoms. The monoisotopic (exact) mass is 1320 g/mol. The Bertz CT molecular complexity index is 1670. The molecule has 520 valence electrons. The number of hydrogen-bond donors (Lipinski definition) is 4. The average Bonchev–Trinajstić information content (AvgIpc) is 3.32. The molecule has 0 heterocycles. The van der Waals surface area contributed by atoms with Gasteiger partial charge < -0.3 is 44.5 Å². The second-order valence-electron chi connectivity index (χ2n) is 11.3. The van der Waals surface area contributed by atoms with Gasteiger partial charge in [-0.2, -0.15) is 35.1 Å². The zero-order chi connectivity index (χ0) is 62.1. The summed E-state index contributed by atoms with van der Waals surface area (Å²) in [7, 11) is 0. The first kappa shape index (κ1) is 117. The number of carbonyl (C=O) groups is 5. The van der Waals surface area contributed by atoms with Crippen LogP contribution >= 0.6 is 0 Å². The molecule has 85 heavy (non-hydrogen) atoms. The Labute approximate surface area is 478 Å². The number of aliphatic hydroxyl groups is 2. The number of halogens is 20. The van der Waals surface area contributed by atoms with Crippen LogP contribution in [-0.4, -0.2) is 177 Å². The number of carbonyl (C=O) groups excluding carboxylic acids is 6. The van der Waals surface area contributed by atoms with Gasteiger partial charge in [0.2, 0.25) is 12.9 Å². The number of amides is 2. The molecule has 0 aliphatic heterocycles. The van der Waals surface area contributed by atoms with E-state index in [4.69, 9.17) is 10.2 Å². The van der Waals surface area contributed by atoms with E-state index < -0.39 is 108 Å². The minimum Gasteiger partial charge on any atom is -0.460 e. The molecule has 0 saturated heterocycles. The molecule has 0 saturated carbocycles. The van der Waals surface area contributed by atoms with Crippen LogP contribution < -0.4 is 10.6 Å². The van der Waals surface area contributed by atoms with Crippen molar-refractivity contribution in [2.75, 3.05) is 93.5 Å². The average molecular weight is 1320 g/mol. The van der Waals surface area contributed by atoms with Crippen molar-refractivity contribution in [2.45, 2.75) is 117 Å². The number of aliphatic hydroxyl groups excluding tert-OH is 2. The van der Waals surface area contributed by atoms with E-state index in [2.05, 4.69) is 78.0 Å². The number of esters is 3. The third kappa shape index (κ3) is 73.9. The molecule has 0 bridgehead atoms. The summed E-state index contributed by atoms with van der Waals surface area (Å²) >= 11 is 0. The maximum absolute atomic E-state index is 12.0. The molecule has 0 aromatic carbocycles. The van der Waals surface area contributed by atoms with Crippen LogP contribution in [0.5, 0.6) is 0 Å². The van der Waals surface area contributed by atoms with Crippen molar-refractivity contribution in [3.8, 4) is 0 Å². The molecule has 0 aliphatic rings. The molecule has 0 fully saturated rings. The van der Waals surface area contributed by atoms with Crippen LogP contribution in [0, 0.1) is 0 Å². The minimum absolute atomic E-state index is 0. The molecular formula is C43H79F20N3O19. The summed E-state index contributed by atoms with van der Waals surface area (Å²) < 4.78 is 261. The highest BCUT2D eigenvalue weighted by Crippen LogP contribution is 2.41. The van der Waals surface area contributed by atoms with E-state index in [0.29, 0.717) is 5.57 Å². The fourth-order valence-electron chi connectivity index (χ4n) is 2.17. The Balaban J connectivity index is -0.0000000528. The third-order valence-electron chi connectivity index (χ3n) is 5.15. The van der Waals surface area contributed by atoms with Crippen molar-refractivity contribution in [1.29, 1.82) is 0 Å².